The number of carbonyl (C=O) groups excluding carboxylic acids is 1. The van der Waals surface area contributed by atoms with Crippen LogP contribution < -0.4 is 5.32 Å². The molecule has 1 N–H and O–H groups in total. The Hall–Kier alpha value is -1.72. The lowest BCUT2D eigenvalue weighted by Crippen LogP contribution is -2.41. The van der Waals surface area contributed by atoms with Crippen molar-refractivity contribution < 1.29 is 22.0 Å². The molecule has 2 saturated carbocycles. The third kappa shape index (κ3) is 3.42. The highest BCUT2D eigenvalue weighted by Crippen LogP contribution is 2.42. The van der Waals surface area contributed by atoms with E-state index in [0.717, 1.165) is 18.2 Å². The van der Waals surface area contributed by atoms with Crippen molar-refractivity contribution in [2.75, 3.05) is 6.67 Å². The Balaban J connectivity index is 1.81. The van der Waals surface area contributed by atoms with Gasteiger partial charge in [-0.15, -0.1) is 0 Å². The van der Waals surface area contributed by atoms with Crippen LogP contribution in [0.3, 0.4) is 0 Å². The number of halogens is 3. The highest BCUT2D eigenvalue weighted by Gasteiger charge is 2.50. The highest BCUT2D eigenvalue weighted by atomic mass is 35.5. The maximum absolute atomic E-state index is 13.4. The first-order valence-electron chi connectivity index (χ1n) is 8.20. The summed E-state index contributed by atoms with van der Waals surface area (Å²) in [5, 5.41) is 10.5. The van der Waals surface area contributed by atoms with E-state index in [1.807, 2.05) is 6.07 Å². The first-order valence-corrected chi connectivity index (χ1v) is 10.1. The van der Waals surface area contributed by atoms with E-state index in [2.05, 4.69) is 5.32 Å². The molecule has 9 heteroatoms. The largest absolute Gasteiger partial charge is 0.338 e. The number of hydrogen-bond acceptors (Lipinski definition) is 4. The van der Waals surface area contributed by atoms with Gasteiger partial charge in [-0.25, -0.2) is 12.8 Å². The molecule has 2 fully saturated rings. The quantitative estimate of drug-likeness (QED) is 0.767. The Morgan fingerprint density at radius 3 is 2.62 bits per heavy atom. The molecule has 2 aliphatic carbocycles. The molecule has 3 atom stereocenters. The van der Waals surface area contributed by atoms with E-state index in [9.17, 15) is 22.0 Å². The van der Waals surface area contributed by atoms with Crippen molar-refractivity contribution in [1.29, 1.82) is 5.26 Å². The molecule has 1 aromatic rings. The summed E-state index contributed by atoms with van der Waals surface area (Å²) in [6.07, 6.45) is 0.993. The number of nitrogens with one attached hydrogen (secondary N) is 1. The van der Waals surface area contributed by atoms with Gasteiger partial charge >= 0.3 is 0 Å². The van der Waals surface area contributed by atoms with Gasteiger partial charge in [-0.05, 0) is 43.9 Å². The van der Waals surface area contributed by atoms with Crippen LogP contribution in [0.15, 0.2) is 23.1 Å². The van der Waals surface area contributed by atoms with Gasteiger partial charge in [0.05, 0.1) is 27.9 Å². The topological polar surface area (TPSA) is 87.0 Å². The number of rotatable bonds is 5. The number of sulfone groups is 1. The molecule has 0 heterocycles. The van der Waals surface area contributed by atoms with Crippen molar-refractivity contribution >= 4 is 27.3 Å². The molecule has 3 rings (SSSR count). The van der Waals surface area contributed by atoms with Crippen LogP contribution in [0.4, 0.5) is 8.78 Å². The number of carbonyl (C=O) groups is 1. The summed E-state index contributed by atoms with van der Waals surface area (Å²) >= 11 is 5.87. The fourth-order valence-electron chi connectivity index (χ4n) is 3.42. The Labute approximate surface area is 155 Å². The molecule has 0 saturated heterocycles. The van der Waals surface area contributed by atoms with Crippen LogP contribution in [0.1, 0.15) is 25.7 Å². The van der Waals surface area contributed by atoms with Crippen LogP contribution in [0.2, 0.25) is 5.02 Å². The summed E-state index contributed by atoms with van der Waals surface area (Å²) in [6.45, 7) is -0.833. The summed E-state index contributed by atoms with van der Waals surface area (Å²) in [5.74, 6) is -2.73. The summed E-state index contributed by atoms with van der Waals surface area (Å²) in [6, 6.07) is 5.01. The van der Waals surface area contributed by atoms with Crippen LogP contribution in [-0.2, 0) is 14.6 Å². The van der Waals surface area contributed by atoms with E-state index in [4.69, 9.17) is 16.9 Å². The van der Waals surface area contributed by atoms with Crippen LogP contribution >= 0.6 is 11.6 Å². The Kier molecular flexibility index (Phi) is 4.97. The minimum absolute atomic E-state index is 0.0236. The normalized spacial score (nSPS) is 26.9. The Morgan fingerprint density at radius 2 is 2.08 bits per heavy atom. The van der Waals surface area contributed by atoms with Crippen LogP contribution in [0, 0.1) is 29.0 Å². The third-order valence-electron chi connectivity index (χ3n) is 5.15. The predicted octanol–water partition coefficient (Wildman–Crippen LogP) is 2.79. The number of nitriles is 1. The second-order valence-electron chi connectivity index (χ2n) is 6.92. The van der Waals surface area contributed by atoms with Crippen LogP contribution in [-0.4, -0.2) is 31.8 Å². The Bertz CT molecular complexity index is 880. The number of amides is 1. The van der Waals surface area contributed by atoms with Crippen LogP contribution in [0.5, 0.6) is 0 Å². The molecule has 140 valence electrons. The zero-order valence-electron chi connectivity index (χ0n) is 13.7. The Morgan fingerprint density at radius 1 is 1.38 bits per heavy atom. The molecular formula is C17H17ClF2N2O3S. The average Bonchev–Trinajstić information content (AvgIpc) is 3.20. The predicted molar refractivity (Wildman–Crippen MR) is 90.3 cm³/mol. The number of nitrogens with zero attached hydrogens (tertiary/aromatic N) is 1. The van der Waals surface area contributed by atoms with Gasteiger partial charge in [-0.1, -0.05) is 11.6 Å². The van der Waals surface area contributed by atoms with Crippen molar-refractivity contribution in [3.63, 3.8) is 0 Å². The molecular weight excluding hydrogens is 386 g/mol. The fourth-order valence-corrected chi connectivity index (χ4v) is 5.82. The van der Waals surface area contributed by atoms with Gasteiger partial charge in [0, 0.05) is 11.8 Å². The minimum Gasteiger partial charge on any atom is -0.338 e. The molecule has 26 heavy (non-hydrogen) atoms. The number of hydrogen-bond donors (Lipinski definition) is 1. The maximum atomic E-state index is 13.4. The van der Waals surface area contributed by atoms with Gasteiger partial charge in [0.25, 0.3) is 0 Å². The molecule has 1 aromatic carbocycles. The van der Waals surface area contributed by atoms with Gasteiger partial charge in [0.2, 0.25) is 5.91 Å². The molecule has 0 aliphatic heterocycles. The van der Waals surface area contributed by atoms with Crippen LogP contribution in [0.25, 0.3) is 0 Å². The second kappa shape index (κ2) is 6.78. The monoisotopic (exact) mass is 402 g/mol. The molecule has 0 aromatic heterocycles. The molecule has 5 nitrogen and oxygen atoms in total. The van der Waals surface area contributed by atoms with E-state index in [1.54, 1.807) is 0 Å². The van der Waals surface area contributed by atoms with Crippen molar-refractivity contribution in [3.05, 3.63) is 29.0 Å². The maximum Gasteiger partial charge on any atom is 0.224 e. The van der Waals surface area contributed by atoms with E-state index in [1.165, 1.54) is 0 Å². The van der Waals surface area contributed by atoms with Gasteiger partial charge < -0.3 is 5.32 Å². The van der Waals surface area contributed by atoms with Gasteiger partial charge in [-0.3, -0.25) is 9.18 Å². The van der Waals surface area contributed by atoms with Gasteiger partial charge in [0.1, 0.15) is 11.4 Å². The summed E-state index contributed by atoms with van der Waals surface area (Å²) in [4.78, 5) is 12.2. The molecule has 0 bridgehead atoms. The average molecular weight is 403 g/mol. The molecule has 0 unspecified atom stereocenters. The molecule has 0 spiro atoms. The standard InChI is InChI=1S/C17H17ClF2N2O3S/c18-14-6-11(20)1-2-15(14)26(24,25)12-5-10(8-19)13(7-12)16(23)22-17(9-21)3-4-17/h1-2,6,10,12-13H,3-5,7-8H2,(H,22,23)/t10-,12-,13+/m0/s1. The zero-order chi connectivity index (χ0) is 19.1. The lowest BCUT2D eigenvalue weighted by molar-refractivity contribution is -0.126. The highest BCUT2D eigenvalue weighted by molar-refractivity contribution is 7.92. The third-order valence-corrected chi connectivity index (χ3v) is 7.81. The molecule has 2 aliphatic rings. The van der Waals surface area contributed by atoms with Crippen molar-refractivity contribution in [2.24, 2.45) is 11.8 Å². The lowest BCUT2D eigenvalue weighted by atomic mass is 9.96. The summed E-state index contributed by atoms with van der Waals surface area (Å²) < 4.78 is 52.3. The van der Waals surface area contributed by atoms with Crippen molar-refractivity contribution in [2.45, 2.75) is 41.4 Å². The lowest BCUT2D eigenvalue weighted by Gasteiger charge is -2.18. The van der Waals surface area contributed by atoms with Gasteiger partial charge in [-0.2, -0.15) is 5.26 Å². The first kappa shape index (κ1) is 19.1. The SMILES string of the molecule is N#CC1(NC(=O)[C@@H]2C[C@@H](S(=O)(=O)c3ccc(F)cc3Cl)C[C@H]2CF)CC1. The van der Waals surface area contributed by atoms with Crippen molar-refractivity contribution in [3.8, 4) is 6.07 Å². The molecule has 0 radical (unpaired) electrons. The van der Waals surface area contributed by atoms with E-state index in [0.29, 0.717) is 12.8 Å². The van der Waals surface area contributed by atoms with Gasteiger partial charge in [0.15, 0.2) is 9.84 Å². The first-order chi connectivity index (χ1) is 12.2. The van der Waals surface area contributed by atoms with Crippen molar-refractivity contribution in [1.82, 2.24) is 5.32 Å². The smallest absolute Gasteiger partial charge is 0.224 e. The number of alkyl halides is 1. The van der Waals surface area contributed by atoms with E-state index in [-0.39, 0.29) is 22.8 Å². The van der Waals surface area contributed by atoms with E-state index < -0.39 is 50.9 Å². The molecule has 1 amide bonds. The second-order valence-corrected chi connectivity index (χ2v) is 9.52. The minimum atomic E-state index is -3.94. The summed E-state index contributed by atoms with van der Waals surface area (Å²) in [7, 11) is -3.94. The fraction of sp³-hybridized carbons (Fsp3) is 0.529. The van der Waals surface area contributed by atoms with E-state index >= 15 is 0 Å². The summed E-state index contributed by atoms with van der Waals surface area (Å²) in [5.41, 5.74) is -0.894. The number of benzene rings is 1. The zero-order valence-corrected chi connectivity index (χ0v) is 15.3.